The maximum absolute atomic E-state index is 13.0. The molecule has 8 nitrogen and oxygen atoms in total. The van der Waals surface area contributed by atoms with Crippen LogP contribution in [0.4, 0.5) is 5.82 Å². The predicted molar refractivity (Wildman–Crippen MR) is 164 cm³/mol. The third-order valence-electron chi connectivity index (χ3n) is 8.47. The molecule has 2 saturated heterocycles. The van der Waals surface area contributed by atoms with Gasteiger partial charge in [0.1, 0.15) is 21.5 Å². The summed E-state index contributed by atoms with van der Waals surface area (Å²) in [4.78, 5) is 24.7. The van der Waals surface area contributed by atoms with Gasteiger partial charge in [-0.3, -0.25) is 9.69 Å². The maximum atomic E-state index is 13.0. The number of anilines is 1. The number of benzene rings is 2. The topological polar surface area (TPSA) is 97.2 Å². The fourth-order valence-corrected chi connectivity index (χ4v) is 7.61. The molecule has 214 valence electrons. The molecule has 1 atom stereocenters. The van der Waals surface area contributed by atoms with Crippen molar-refractivity contribution < 1.29 is 8.42 Å². The van der Waals surface area contributed by atoms with Gasteiger partial charge in [-0.1, -0.05) is 48.5 Å². The molecule has 9 heteroatoms. The largest absolute Gasteiger partial charge is 0.363 e. The van der Waals surface area contributed by atoms with E-state index < -0.39 is 9.84 Å². The molecule has 41 heavy (non-hydrogen) atoms. The Balaban J connectivity index is 1.25. The minimum absolute atomic E-state index is 0.0402. The Hall–Kier alpha value is -3.56. The summed E-state index contributed by atoms with van der Waals surface area (Å²) in [5, 5.41) is 4.31. The lowest BCUT2D eigenvalue weighted by molar-refractivity contribution is 0.332. The summed E-state index contributed by atoms with van der Waals surface area (Å²) in [6, 6.07) is 18.7. The highest BCUT2D eigenvalue weighted by Gasteiger charge is 2.26. The third kappa shape index (κ3) is 6.06. The molecule has 2 fully saturated rings. The smallest absolute Gasteiger partial charge is 0.252 e. The van der Waals surface area contributed by atoms with Crippen LogP contribution >= 0.6 is 0 Å². The van der Waals surface area contributed by atoms with E-state index in [-0.39, 0.29) is 29.1 Å². The molecule has 0 saturated carbocycles. The SMILES string of the molecule is Cc1nc(N[C@H](C)c2ccc(-c3ccccc3CN3CCCC3)cc2)c2cn(C3CCS(=O)(=O)CC3)c(=O)cc2n1. The zero-order chi connectivity index (χ0) is 28.6. The number of sulfone groups is 1. The van der Waals surface area contributed by atoms with E-state index >= 15 is 0 Å². The molecule has 0 spiro atoms. The Labute approximate surface area is 241 Å². The molecule has 6 rings (SSSR count). The molecule has 0 aliphatic carbocycles. The van der Waals surface area contributed by atoms with Gasteiger partial charge in [-0.05, 0) is 74.9 Å². The highest BCUT2D eigenvalue weighted by Crippen LogP contribution is 2.30. The first kappa shape index (κ1) is 27.6. The van der Waals surface area contributed by atoms with Crippen LogP contribution in [0.15, 0.2) is 65.6 Å². The Morgan fingerprint density at radius 2 is 1.71 bits per heavy atom. The highest BCUT2D eigenvalue weighted by atomic mass is 32.2. The lowest BCUT2D eigenvalue weighted by atomic mass is 9.97. The van der Waals surface area contributed by atoms with Gasteiger partial charge in [0.2, 0.25) is 0 Å². The molecular weight excluding hydrogens is 534 g/mol. The van der Waals surface area contributed by atoms with Crippen molar-refractivity contribution in [2.75, 3.05) is 29.9 Å². The number of aromatic nitrogens is 3. The highest BCUT2D eigenvalue weighted by molar-refractivity contribution is 7.91. The van der Waals surface area contributed by atoms with Gasteiger partial charge in [-0.25, -0.2) is 18.4 Å². The summed E-state index contributed by atoms with van der Waals surface area (Å²) in [7, 11) is -3.02. The Morgan fingerprint density at radius 1 is 1.00 bits per heavy atom. The van der Waals surface area contributed by atoms with Gasteiger partial charge in [0.15, 0.2) is 0 Å². The fourth-order valence-electron chi connectivity index (χ4n) is 6.15. The van der Waals surface area contributed by atoms with E-state index in [9.17, 15) is 13.2 Å². The van der Waals surface area contributed by atoms with Crippen LogP contribution in [-0.4, -0.2) is 52.4 Å². The van der Waals surface area contributed by atoms with Crippen molar-refractivity contribution in [2.24, 2.45) is 0 Å². The zero-order valence-corrected chi connectivity index (χ0v) is 24.5. The number of rotatable bonds is 7. The fraction of sp³-hybridized carbons (Fsp3) is 0.406. The average Bonchev–Trinajstić information content (AvgIpc) is 3.46. The number of hydrogen-bond acceptors (Lipinski definition) is 7. The second kappa shape index (κ2) is 11.4. The monoisotopic (exact) mass is 571 g/mol. The number of pyridine rings is 1. The number of fused-ring (bicyclic) bond motifs is 1. The van der Waals surface area contributed by atoms with E-state index in [1.54, 1.807) is 10.8 Å². The predicted octanol–water partition coefficient (Wildman–Crippen LogP) is 5.29. The van der Waals surface area contributed by atoms with Crippen molar-refractivity contribution >= 4 is 26.6 Å². The first-order valence-electron chi connectivity index (χ1n) is 14.5. The standard InChI is InChI=1S/C32H37N5O3S/c1-22(24-9-11-25(12-10-24)28-8-4-3-7-26(28)20-36-15-5-6-16-36)33-32-29-21-37(27-13-17-41(39,40)18-14-27)31(38)19-30(29)34-23(2)35-32/h3-4,7-12,19,21-22,27H,5-6,13-18,20H2,1-2H3,(H,33,34,35)/t22-/m1/s1. The van der Waals surface area contributed by atoms with Gasteiger partial charge >= 0.3 is 0 Å². The van der Waals surface area contributed by atoms with Crippen LogP contribution < -0.4 is 10.9 Å². The molecule has 2 aliphatic rings. The van der Waals surface area contributed by atoms with E-state index in [0.29, 0.717) is 30.0 Å². The molecule has 4 heterocycles. The van der Waals surface area contributed by atoms with E-state index in [1.807, 2.05) is 6.92 Å². The zero-order valence-electron chi connectivity index (χ0n) is 23.7. The van der Waals surface area contributed by atoms with Crippen molar-refractivity contribution in [3.05, 3.63) is 88.1 Å². The maximum Gasteiger partial charge on any atom is 0.252 e. The van der Waals surface area contributed by atoms with E-state index in [4.69, 9.17) is 4.98 Å². The second-order valence-electron chi connectivity index (χ2n) is 11.4. The average molecular weight is 572 g/mol. The Bertz CT molecular complexity index is 1710. The van der Waals surface area contributed by atoms with Gasteiger partial charge in [0.05, 0.1) is 22.4 Å². The van der Waals surface area contributed by atoms with Crippen LogP contribution in [0, 0.1) is 6.92 Å². The van der Waals surface area contributed by atoms with E-state index in [1.165, 1.54) is 48.7 Å². The molecule has 1 N–H and O–H groups in total. The van der Waals surface area contributed by atoms with Crippen LogP contribution in [0.1, 0.15) is 61.6 Å². The number of nitrogens with one attached hydrogen (secondary N) is 1. The molecule has 2 aliphatic heterocycles. The van der Waals surface area contributed by atoms with Crippen molar-refractivity contribution in [1.82, 2.24) is 19.4 Å². The molecule has 0 radical (unpaired) electrons. The molecule has 4 aromatic rings. The summed E-state index contributed by atoms with van der Waals surface area (Å²) < 4.78 is 25.5. The van der Waals surface area contributed by atoms with Crippen molar-refractivity contribution in [3.63, 3.8) is 0 Å². The molecule has 2 aromatic carbocycles. The number of nitrogens with zero attached hydrogens (tertiary/aromatic N) is 4. The van der Waals surface area contributed by atoms with Crippen LogP contribution in [0.2, 0.25) is 0 Å². The van der Waals surface area contributed by atoms with Crippen LogP contribution in [0.25, 0.3) is 22.0 Å². The van der Waals surface area contributed by atoms with Crippen molar-refractivity contribution in [2.45, 2.75) is 58.2 Å². The minimum Gasteiger partial charge on any atom is -0.363 e. The lowest BCUT2D eigenvalue weighted by Gasteiger charge is -2.25. The summed E-state index contributed by atoms with van der Waals surface area (Å²) >= 11 is 0. The molecule has 0 amide bonds. The number of likely N-dealkylation sites (tertiary alicyclic amines) is 1. The molecule has 2 aromatic heterocycles. The van der Waals surface area contributed by atoms with E-state index in [2.05, 4.69) is 70.7 Å². The Morgan fingerprint density at radius 3 is 2.44 bits per heavy atom. The van der Waals surface area contributed by atoms with E-state index in [0.717, 1.165) is 17.5 Å². The van der Waals surface area contributed by atoms with Crippen LogP contribution in [-0.2, 0) is 16.4 Å². The first-order valence-corrected chi connectivity index (χ1v) is 16.4. The van der Waals surface area contributed by atoms with Crippen LogP contribution in [0.3, 0.4) is 0 Å². The summed E-state index contributed by atoms with van der Waals surface area (Å²) in [5.41, 5.74) is 5.38. The molecule has 0 unspecified atom stereocenters. The first-order chi connectivity index (χ1) is 19.8. The Kier molecular flexibility index (Phi) is 7.66. The lowest BCUT2D eigenvalue weighted by Crippen LogP contribution is -2.31. The summed E-state index contributed by atoms with van der Waals surface area (Å²) in [6.07, 6.45) is 5.24. The van der Waals surface area contributed by atoms with Crippen molar-refractivity contribution in [3.8, 4) is 11.1 Å². The molecular formula is C32H37N5O3S. The quantitative estimate of drug-likeness (QED) is 0.322. The van der Waals surface area contributed by atoms with Gasteiger partial charge in [-0.2, -0.15) is 0 Å². The van der Waals surface area contributed by atoms with Gasteiger partial charge in [0, 0.05) is 30.9 Å². The summed E-state index contributed by atoms with van der Waals surface area (Å²) in [6.45, 7) is 7.25. The number of hydrogen-bond donors (Lipinski definition) is 1. The summed E-state index contributed by atoms with van der Waals surface area (Å²) in [5.74, 6) is 1.45. The van der Waals surface area contributed by atoms with Crippen LogP contribution in [0.5, 0.6) is 0 Å². The second-order valence-corrected chi connectivity index (χ2v) is 13.8. The van der Waals surface area contributed by atoms with Gasteiger partial charge in [0.25, 0.3) is 5.56 Å². The van der Waals surface area contributed by atoms with Gasteiger partial charge in [-0.15, -0.1) is 0 Å². The van der Waals surface area contributed by atoms with Crippen molar-refractivity contribution in [1.29, 1.82) is 0 Å². The minimum atomic E-state index is -3.02. The number of aryl methyl sites for hydroxylation is 1. The van der Waals surface area contributed by atoms with Gasteiger partial charge < -0.3 is 9.88 Å². The molecule has 0 bridgehead atoms. The normalized spacial score (nSPS) is 18.5. The third-order valence-corrected chi connectivity index (χ3v) is 10.2.